The van der Waals surface area contributed by atoms with E-state index in [-0.39, 0.29) is 6.10 Å². The largest absolute Gasteiger partial charge is 0.382 e. The molecule has 0 aliphatic carbocycles. The van der Waals surface area contributed by atoms with Crippen LogP contribution in [0.15, 0.2) is 15.9 Å². The number of halogens is 1. The van der Waals surface area contributed by atoms with Crippen LogP contribution in [0.2, 0.25) is 0 Å². The van der Waals surface area contributed by atoms with Gasteiger partial charge in [-0.3, -0.25) is 0 Å². The molecule has 1 atom stereocenters. The average Bonchev–Trinajstić information content (AvgIpc) is 2.63. The zero-order valence-corrected chi connectivity index (χ0v) is 11.4. The lowest BCUT2D eigenvalue weighted by Gasteiger charge is -2.14. The van der Waals surface area contributed by atoms with Crippen molar-refractivity contribution in [2.75, 3.05) is 27.4 Å². The van der Waals surface area contributed by atoms with E-state index in [1.807, 2.05) is 0 Å². The van der Waals surface area contributed by atoms with E-state index in [4.69, 9.17) is 9.47 Å². The van der Waals surface area contributed by atoms with Crippen LogP contribution in [0.5, 0.6) is 0 Å². The monoisotopic (exact) mass is 293 g/mol. The second-order valence-corrected chi connectivity index (χ2v) is 5.09. The summed E-state index contributed by atoms with van der Waals surface area (Å²) >= 11 is 5.17. The molecule has 0 aliphatic rings. The Morgan fingerprint density at radius 2 is 2.33 bits per heavy atom. The van der Waals surface area contributed by atoms with Gasteiger partial charge in [0.1, 0.15) is 0 Å². The third-order valence-corrected chi connectivity index (χ3v) is 3.68. The van der Waals surface area contributed by atoms with Crippen LogP contribution in [-0.2, 0) is 16.0 Å². The Hall–Kier alpha value is 0.0600. The van der Waals surface area contributed by atoms with Crippen LogP contribution in [0.4, 0.5) is 0 Å². The number of ether oxygens (including phenoxy) is 2. The number of hydrogen-bond donors (Lipinski definition) is 1. The molecule has 0 aromatic carbocycles. The van der Waals surface area contributed by atoms with Crippen molar-refractivity contribution in [2.24, 2.45) is 0 Å². The Morgan fingerprint density at radius 1 is 1.53 bits per heavy atom. The summed E-state index contributed by atoms with van der Waals surface area (Å²) in [5.74, 6) is 0. The lowest BCUT2D eigenvalue weighted by atomic mass is 10.3. The van der Waals surface area contributed by atoms with E-state index in [0.29, 0.717) is 6.61 Å². The van der Waals surface area contributed by atoms with Crippen LogP contribution in [-0.4, -0.2) is 33.5 Å². The standard InChI is InChI=1S/C10H16BrNO2S/c1-13-6-9(14-2)4-12-5-10-3-8(11)7-15-10/h3,7,9,12H,4-6H2,1-2H3. The van der Waals surface area contributed by atoms with Gasteiger partial charge in [0.15, 0.2) is 0 Å². The maximum Gasteiger partial charge on any atom is 0.0928 e. The Bertz CT molecular complexity index is 280. The summed E-state index contributed by atoms with van der Waals surface area (Å²) in [6, 6.07) is 2.12. The minimum Gasteiger partial charge on any atom is -0.382 e. The fourth-order valence-corrected chi connectivity index (χ4v) is 2.62. The van der Waals surface area contributed by atoms with Crippen molar-refractivity contribution in [3.8, 4) is 0 Å². The normalized spacial score (nSPS) is 13.0. The minimum absolute atomic E-state index is 0.124. The zero-order chi connectivity index (χ0) is 11.1. The van der Waals surface area contributed by atoms with Crippen molar-refractivity contribution in [3.05, 3.63) is 20.8 Å². The first-order valence-electron chi connectivity index (χ1n) is 4.71. The van der Waals surface area contributed by atoms with Gasteiger partial charge in [0.2, 0.25) is 0 Å². The van der Waals surface area contributed by atoms with Crippen LogP contribution in [0, 0.1) is 0 Å². The Balaban J connectivity index is 2.20. The number of rotatable bonds is 7. The van der Waals surface area contributed by atoms with Crippen LogP contribution >= 0.6 is 27.3 Å². The van der Waals surface area contributed by atoms with Crippen molar-refractivity contribution in [1.82, 2.24) is 5.32 Å². The molecule has 0 spiro atoms. The van der Waals surface area contributed by atoms with Crippen molar-refractivity contribution >= 4 is 27.3 Å². The SMILES string of the molecule is COCC(CNCc1cc(Br)cs1)OC. The van der Waals surface area contributed by atoms with E-state index in [9.17, 15) is 0 Å². The first-order chi connectivity index (χ1) is 7.26. The first-order valence-corrected chi connectivity index (χ1v) is 6.39. The van der Waals surface area contributed by atoms with Gasteiger partial charge < -0.3 is 14.8 Å². The highest BCUT2D eigenvalue weighted by atomic mass is 79.9. The number of methoxy groups -OCH3 is 2. The Morgan fingerprint density at radius 3 is 2.87 bits per heavy atom. The highest BCUT2D eigenvalue weighted by Crippen LogP contribution is 2.19. The van der Waals surface area contributed by atoms with Crippen molar-refractivity contribution < 1.29 is 9.47 Å². The third kappa shape index (κ3) is 5.08. The summed E-state index contributed by atoms with van der Waals surface area (Å²) in [5.41, 5.74) is 0. The second-order valence-electron chi connectivity index (χ2n) is 3.18. The molecule has 15 heavy (non-hydrogen) atoms. The van der Waals surface area contributed by atoms with Crippen LogP contribution < -0.4 is 5.32 Å². The quantitative estimate of drug-likeness (QED) is 0.837. The van der Waals surface area contributed by atoms with Gasteiger partial charge in [-0.2, -0.15) is 0 Å². The Kier molecular flexibility index (Phi) is 6.43. The smallest absolute Gasteiger partial charge is 0.0928 e. The summed E-state index contributed by atoms with van der Waals surface area (Å²) < 4.78 is 11.4. The molecule has 1 aromatic rings. The van der Waals surface area contributed by atoms with Crippen molar-refractivity contribution in [2.45, 2.75) is 12.6 Å². The molecule has 5 heteroatoms. The van der Waals surface area contributed by atoms with Gasteiger partial charge in [-0.15, -0.1) is 11.3 Å². The summed E-state index contributed by atoms with van der Waals surface area (Å²) in [6.07, 6.45) is 0.124. The van der Waals surface area contributed by atoms with Gasteiger partial charge in [-0.25, -0.2) is 0 Å². The first kappa shape index (κ1) is 13.1. The summed E-state index contributed by atoms with van der Waals surface area (Å²) in [7, 11) is 3.38. The van der Waals surface area contributed by atoms with Gasteiger partial charge in [0.05, 0.1) is 12.7 Å². The fourth-order valence-electron chi connectivity index (χ4n) is 1.20. The molecular weight excluding hydrogens is 278 g/mol. The molecule has 0 saturated carbocycles. The van der Waals surface area contributed by atoms with Crippen LogP contribution in [0.1, 0.15) is 4.88 Å². The number of thiophene rings is 1. The van der Waals surface area contributed by atoms with Gasteiger partial charge in [0.25, 0.3) is 0 Å². The van der Waals surface area contributed by atoms with Gasteiger partial charge in [-0.05, 0) is 22.0 Å². The summed E-state index contributed by atoms with van der Waals surface area (Å²) in [6.45, 7) is 2.30. The molecule has 86 valence electrons. The highest BCUT2D eigenvalue weighted by molar-refractivity contribution is 9.10. The van der Waals surface area contributed by atoms with E-state index in [2.05, 4.69) is 32.7 Å². The summed E-state index contributed by atoms with van der Waals surface area (Å²) in [5, 5.41) is 5.42. The van der Waals surface area contributed by atoms with Crippen LogP contribution in [0.3, 0.4) is 0 Å². The molecule has 0 bridgehead atoms. The van der Waals surface area contributed by atoms with Crippen molar-refractivity contribution in [3.63, 3.8) is 0 Å². The van der Waals surface area contributed by atoms with E-state index in [1.54, 1.807) is 25.6 Å². The minimum atomic E-state index is 0.124. The Labute approximate surface area is 103 Å². The maximum atomic E-state index is 5.24. The molecule has 3 nitrogen and oxygen atoms in total. The molecule has 0 fully saturated rings. The molecule has 1 unspecified atom stereocenters. The zero-order valence-electron chi connectivity index (χ0n) is 8.96. The van der Waals surface area contributed by atoms with E-state index >= 15 is 0 Å². The van der Waals surface area contributed by atoms with E-state index < -0.39 is 0 Å². The third-order valence-electron chi connectivity index (χ3n) is 1.98. The summed E-state index contributed by atoms with van der Waals surface area (Å²) in [4.78, 5) is 1.31. The van der Waals surface area contributed by atoms with E-state index in [1.165, 1.54) is 4.88 Å². The molecule has 0 amide bonds. The molecule has 1 heterocycles. The average molecular weight is 294 g/mol. The van der Waals surface area contributed by atoms with Crippen LogP contribution in [0.25, 0.3) is 0 Å². The molecule has 0 radical (unpaired) electrons. The predicted molar refractivity (Wildman–Crippen MR) is 66.4 cm³/mol. The number of nitrogens with one attached hydrogen (secondary N) is 1. The highest BCUT2D eigenvalue weighted by Gasteiger charge is 2.06. The van der Waals surface area contributed by atoms with Gasteiger partial charge in [0, 0.05) is 42.0 Å². The maximum absolute atomic E-state index is 5.24. The molecule has 0 aliphatic heterocycles. The fraction of sp³-hybridized carbons (Fsp3) is 0.600. The molecule has 0 saturated heterocycles. The van der Waals surface area contributed by atoms with Crippen molar-refractivity contribution in [1.29, 1.82) is 0 Å². The lowest BCUT2D eigenvalue weighted by molar-refractivity contribution is 0.0288. The second kappa shape index (κ2) is 7.35. The molecule has 1 aromatic heterocycles. The van der Waals surface area contributed by atoms with E-state index in [0.717, 1.165) is 17.6 Å². The molecule has 1 rings (SSSR count). The molecule has 1 N–H and O–H groups in total. The lowest BCUT2D eigenvalue weighted by Crippen LogP contribution is -2.31. The topological polar surface area (TPSA) is 30.5 Å². The molecular formula is C10H16BrNO2S. The van der Waals surface area contributed by atoms with Gasteiger partial charge in [-0.1, -0.05) is 0 Å². The van der Waals surface area contributed by atoms with Gasteiger partial charge >= 0.3 is 0 Å². The predicted octanol–water partition coefficient (Wildman–Crippen LogP) is 2.26. The number of hydrogen-bond acceptors (Lipinski definition) is 4.